The van der Waals surface area contributed by atoms with Crippen molar-refractivity contribution >= 4 is 46.3 Å². The van der Waals surface area contributed by atoms with Crippen LogP contribution in [0.4, 0.5) is 0 Å². The molecule has 0 unspecified atom stereocenters. The first-order chi connectivity index (χ1) is 20.0. The highest BCUT2D eigenvalue weighted by Gasteiger charge is 2.32. The van der Waals surface area contributed by atoms with Crippen LogP contribution in [0.25, 0.3) is 11.8 Å². The molecular weight excluding hydrogens is 571 g/mol. The fourth-order valence-electron chi connectivity index (χ4n) is 5.60. The first-order valence-corrected chi connectivity index (χ1v) is 15.0. The topological polar surface area (TPSA) is 43.6 Å². The molecule has 4 aromatic carbocycles. The van der Waals surface area contributed by atoms with Crippen LogP contribution < -0.4 is 19.6 Å². The van der Waals surface area contributed by atoms with Gasteiger partial charge in [-0.15, -0.1) is 0 Å². The van der Waals surface area contributed by atoms with Crippen molar-refractivity contribution in [3.63, 3.8) is 0 Å². The minimum absolute atomic E-state index is 0.0323. The van der Waals surface area contributed by atoms with E-state index >= 15 is 0 Å². The molecule has 0 radical (unpaired) electrons. The van der Waals surface area contributed by atoms with Crippen LogP contribution in [0, 0.1) is 0 Å². The Morgan fingerprint density at radius 1 is 0.902 bits per heavy atom. The number of fused-ring (bicyclic) bond motifs is 3. The summed E-state index contributed by atoms with van der Waals surface area (Å²) in [7, 11) is 0. The Bertz CT molecular complexity index is 2010. The monoisotopic (exact) mass is 594 g/mol. The van der Waals surface area contributed by atoms with E-state index in [4.69, 9.17) is 32.9 Å². The van der Waals surface area contributed by atoms with E-state index < -0.39 is 0 Å². The molecule has 0 N–H and O–H groups in total. The van der Waals surface area contributed by atoms with E-state index in [1.807, 2.05) is 59.2 Å². The molecule has 41 heavy (non-hydrogen) atoms. The predicted octanol–water partition coefficient (Wildman–Crippen LogP) is 7.20. The predicted molar refractivity (Wildman–Crippen MR) is 166 cm³/mol. The molecule has 202 valence electrons. The van der Waals surface area contributed by atoms with Gasteiger partial charge in [-0.1, -0.05) is 107 Å². The largest absolute Gasteiger partial charge is 0.489 e. The average Bonchev–Trinajstić information content (AvgIpc) is 3.31. The number of halogens is 2. The smallest absolute Gasteiger partial charge is 0.271 e. The molecular formula is C34H24Cl2N2O2S. The Hall–Kier alpha value is -3.90. The third-order valence-corrected chi connectivity index (χ3v) is 9.26. The van der Waals surface area contributed by atoms with Crippen molar-refractivity contribution in [3.05, 3.63) is 160 Å². The number of rotatable bonds is 5. The zero-order valence-electron chi connectivity index (χ0n) is 21.9. The van der Waals surface area contributed by atoms with Gasteiger partial charge < -0.3 is 4.74 Å². The van der Waals surface area contributed by atoms with Crippen molar-refractivity contribution in [2.45, 2.75) is 25.5 Å². The third kappa shape index (κ3) is 4.95. The minimum Gasteiger partial charge on any atom is -0.489 e. The zero-order chi connectivity index (χ0) is 27.9. The second-order valence-corrected chi connectivity index (χ2v) is 12.0. The highest BCUT2D eigenvalue weighted by atomic mass is 35.5. The standard InChI is InChI=1S/C34H24Cl2N2O2S/c35-28-16-13-22(18-29(28)36)20-40-25-11-6-7-21(17-25)19-30-33(39)38-32(24-9-2-1-3-10-24)27-15-14-23-8-4-5-12-26(23)31(27)37-34(38)41-30/h1-13,16-19,32H,14-15,20H2/b30-19-/t32-/m0/s1. The van der Waals surface area contributed by atoms with Gasteiger partial charge in [-0.25, -0.2) is 4.99 Å². The number of hydrogen-bond acceptors (Lipinski definition) is 4. The van der Waals surface area contributed by atoms with Crippen molar-refractivity contribution in [3.8, 4) is 5.75 Å². The maximum atomic E-state index is 14.0. The number of benzene rings is 4. The van der Waals surface area contributed by atoms with Gasteiger partial charge in [-0.3, -0.25) is 9.36 Å². The molecule has 1 aromatic heterocycles. The summed E-state index contributed by atoms with van der Waals surface area (Å²) in [5.41, 5.74) is 7.54. The van der Waals surface area contributed by atoms with Crippen LogP contribution in [0.5, 0.6) is 5.75 Å². The lowest BCUT2D eigenvalue weighted by Gasteiger charge is -2.30. The Kier molecular flexibility index (Phi) is 6.87. The van der Waals surface area contributed by atoms with Crippen molar-refractivity contribution in [1.82, 2.24) is 4.57 Å². The third-order valence-electron chi connectivity index (χ3n) is 7.53. The number of aromatic nitrogens is 1. The molecule has 0 amide bonds. The molecule has 7 rings (SSSR count). The number of aryl methyl sites for hydroxylation is 1. The molecule has 4 nitrogen and oxygen atoms in total. The van der Waals surface area contributed by atoms with Crippen molar-refractivity contribution in [2.24, 2.45) is 4.99 Å². The van der Waals surface area contributed by atoms with Gasteiger partial charge in [0.25, 0.3) is 5.56 Å². The number of ether oxygens (including phenoxy) is 1. The Labute approximate surface area is 251 Å². The van der Waals surface area contributed by atoms with E-state index in [9.17, 15) is 4.79 Å². The van der Waals surface area contributed by atoms with Crippen LogP contribution in [0.15, 0.2) is 112 Å². The quantitative estimate of drug-likeness (QED) is 0.216. The van der Waals surface area contributed by atoms with Crippen LogP contribution in [-0.4, -0.2) is 4.57 Å². The summed E-state index contributed by atoms with van der Waals surface area (Å²) in [5.74, 6) is 0.701. The van der Waals surface area contributed by atoms with Gasteiger partial charge in [0.15, 0.2) is 4.80 Å². The average molecular weight is 596 g/mol. The molecule has 1 aliphatic carbocycles. The number of allylic oxidation sites excluding steroid dienone is 1. The fourth-order valence-corrected chi connectivity index (χ4v) is 6.92. The lowest BCUT2D eigenvalue weighted by molar-refractivity contribution is 0.306. The van der Waals surface area contributed by atoms with Crippen molar-refractivity contribution < 1.29 is 4.74 Å². The molecule has 0 fully saturated rings. The Morgan fingerprint density at radius 2 is 1.73 bits per heavy atom. The highest BCUT2D eigenvalue weighted by Crippen LogP contribution is 2.41. The maximum absolute atomic E-state index is 14.0. The molecule has 1 aliphatic heterocycles. The molecule has 2 aliphatic rings. The van der Waals surface area contributed by atoms with E-state index in [1.165, 1.54) is 28.0 Å². The molecule has 0 spiro atoms. The van der Waals surface area contributed by atoms with Crippen molar-refractivity contribution in [2.75, 3.05) is 0 Å². The molecule has 7 heteroatoms. The Morgan fingerprint density at radius 3 is 2.59 bits per heavy atom. The van der Waals surface area contributed by atoms with E-state index in [1.54, 1.807) is 12.1 Å². The summed E-state index contributed by atoms with van der Waals surface area (Å²) in [6.07, 6.45) is 3.74. The van der Waals surface area contributed by atoms with Crippen LogP contribution in [0.1, 0.15) is 40.3 Å². The number of thiazole rings is 1. The number of hydrogen-bond donors (Lipinski definition) is 0. The molecule has 1 atom stereocenters. The molecule has 2 heterocycles. The summed E-state index contributed by atoms with van der Waals surface area (Å²) in [6, 6.07) is 31.8. The summed E-state index contributed by atoms with van der Waals surface area (Å²) < 4.78 is 8.54. The van der Waals surface area contributed by atoms with E-state index in [-0.39, 0.29) is 11.6 Å². The summed E-state index contributed by atoms with van der Waals surface area (Å²) >= 11 is 13.6. The van der Waals surface area contributed by atoms with Gasteiger partial charge in [-0.2, -0.15) is 0 Å². The zero-order valence-corrected chi connectivity index (χ0v) is 24.2. The first kappa shape index (κ1) is 26.0. The van der Waals surface area contributed by atoms with Gasteiger partial charge in [-0.05, 0) is 71.0 Å². The molecule has 5 aromatic rings. The molecule has 0 saturated carbocycles. The number of nitrogens with zero attached hydrogens (tertiary/aromatic N) is 2. The van der Waals surface area contributed by atoms with Crippen LogP contribution in [0.3, 0.4) is 0 Å². The van der Waals surface area contributed by atoms with Crippen molar-refractivity contribution in [1.29, 1.82) is 0 Å². The molecule has 0 saturated heterocycles. The van der Waals surface area contributed by atoms with Gasteiger partial charge >= 0.3 is 0 Å². The van der Waals surface area contributed by atoms with Gasteiger partial charge in [0, 0.05) is 5.56 Å². The lowest BCUT2D eigenvalue weighted by atomic mass is 9.83. The van der Waals surface area contributed by atoms with Crippen LogP contribution in [-0.2, 0) is 13.0 Å². The summed E-state index contributed by atoms with van der Waals surface area (Å²) in [6.45, 7) is 0.354. The fraction of sp³-hybridized carbons (Fsp3) is 0.118. The van der Waals surface area contributed by atoms with Crippen LogP contribution >= 0.6 is 34.5 Å². The second-order valence-electron chi connectivity index (χ2n) is 10.1. The maximum Gasteiger partial charge on any atom is 0.271 e. The first-order valence-electron chi connectivity index (χ1n) is 13.4. The second kappa shape index (κ2) is 10.8. The highest BCUT2D eigenvalue weighted by molar-refractivity contribution is 7.07. The lowest BCUT2D eigenvalue weighted by Crippen LogP contribution is -2.38. The summed E-state index contributed by atoms with van der Waals surface area (Å²) in [4.78, 5) is 19.8. The van der Waals surface area contributed by atoms with E-state index in [0.717, 1.165) is 40.0 Å². The normalized spacial score (nSPS) is 16.0. The van der Waals surface area contributed by atoms with Crippen LogP contribution in [0.2, 0.25) is 10.0 Å². The van der Waals surface area contributed by atoms with Gasteiger partial charge in [0.05, 0.1) is 26.3 Å². The Balaban J connectivity index is 1.29. The minimum atomic E-state index is -0.182. The van der Waals surface area contributed by atoms with E-state index in [2.05, 4.69) is 36.4 Å². The SMILES string of the molecule is O=c1/c(=C/c2cccc(OCc3ccc(Cl)c(Cl)c3)c2)sc2n1[C@@H](c1ccccc1)C1=C(N=2)c2ccccc2CC1. The molecule has 0 bridgehead atoms. The van der Waals surface area contributed by atoms with Gasteiger partial charge in [0.1, 0.15) is 12.4 Å². The summed E-state index contributed by atoms with van der Waals surface area (Å²) in [5, 5.41) is 1.01. The van der Waals surface area contributed by atoms with Gasteiger partial charge in [0.2, 0.25) is 0 Å². The van der Waals surface area contributed by atoms with E-state index in [0.29, 0.717) is 26.9 Å².